The van der Waals surface area contributed by atoms with Gasteiger partial charge in [-0.15, -0.1) is 0 Å². The van der Waals surface area contributed by atoms with Gasteiger partial charge in [-0.05, 0) is 12.5 Å². The summed E-state index contributed by atoms with van der Waals surface area (Å²) in [4.78, 5) is 0. The number of halogens is 1. The van der Waals surface area contributed by atoms with Crippen molar-refractivity contribution in [2.75, 3.05) is 19.3 Å². The molecule has 1 aromatic carbocycles. The monoisotopic (exact) mass is 289 g/mol. The van der Waals surface area contributed by atoms with Crippen molar-refractivity contribution in [3.63, 3.8) is 0 Å². The van der Waals surface area contributed by atoms with Crippen LogP contribution in [0.1, 0.15) is 31.4 Å². The minimum absolute atomic E-state index is 0.0456. The first kappa shape index (κ1) is 16.1. The number of aliphatic hydroxyl groups excluding tert-OH is 1. The Hall–Kier alpha value is -0.980. The highest BCUT2D eigenvalue weighted by atomic mass is 32.2. The fourth-order valence-corrected chi connectivity index (χ4v) is 3.02. The van der Waals surface area contributed by atoms with Gasteiger partial charge in [0.2, 0.25) is 10.0 Å². The van der Waals surface area contributed by atoms with Crippen molar-refractivity contribution in [1.29, 1.82) is 0 Å². The van der Waals surface area contributed by atoms with Gasteiger partial charge in [0.05, 0.1) is 11.9 Å². The summed E-state index contributed by atoms with van der Waals surface area (Å²) in [6.45, 7) is 1.76. The van der Waals surface area contributed by atoms with Gasteiger partial charge in [0, 0.05) is 19.2 Å². The molecule has 0 aliphatic carbocycles. The molecule has 0 radical (unpaired) electrons. The average molecular weight is 289 g/mol. The molecular formula is C13H20FNO3S. The van der Waals surface area contributed by atoms with Crippen molar-refractivity contribution >= 4 is 10.0 Å². The first-order chi connectivity index (χ1) is 8.88. The Morgan fingerprint density at radius 1 is 1.37 bits per heavy atom. The van der Waals surface area contributed by atoms with E-state index in [9.17, 15) is 17.9 Å². The number of rotatable bonds is 7. The van der Waals surface area contributed by atoms with Crippen molar-refractivity contribution < 1.29 is 17.9 Å². The number of unbranched alkanes of at least 4 members (excludes halogenated alkanes) is 1. The van der Waals surface area contributed by atoms with Crippen molar-refractivity contribution in [2.45, 2.75) is 25.9 Å². The van der Waals surface area contributed by atoms with Crippen LogP contribution in [-0.4, -0.2) is 37.2 Å². The van der Waals surface area contributed by atoms with Crippen LogP contribution >= 0.6 is 0 Å². The molecule has 1 aromatic rings. The maximum atomic E-state index is 13.5. The van der Waals surface area contributed by atoms with E-state index in [0.717, 1.165) is 10.7 Å². The van der Waals surface area contributed by atoms with Crippen molar-refractivity contribution in [3.05, 3.63) is 35.6 Å². The smallest absolute Gasteiger partial charge is 0.213 e. The van der Waals surface area contributed by atoms with Crippen LogP contribution in [0.15, 0.2) is 24.3 Å². The predicted octanol–water partition coefficient (Wildman–Crippen LogP) is 1.92. The lowest BCUT2D eigenvalue weighted by molar-refractivity contribution is 0.151. The Kier molecular flexibility index (Phi) is 5.90. The molecule has 0 aromatic heterocycles. The van der Waals surface area contributed by atoms with Gasteiger partial charge in [-0.3, -0.25) is 0 Å². The van der Waals surface area contributed by atoms with E-state index in [0.29, 0.717) is 6.42 Å². The van der Waals surface area contributed by atoms with Crippen molar-refractivity contribution in [3.8, 4) is 0 Å². The zero-order chi connectivity index (χ0) is 14.5. The molecule has 0 spiro atoms. The molecule has 1 unspecified atom stereocenters. The number of hydrogen-bond acceptors (Lipinski definition) is 3. The molecule has 4 nitrogen and oxygen atoms in total. The third-order valence-electron chi connectivity index (χ3n) is 2.92. The fraction of sp³-hybridized carbons (Fsp3) is 0.538. The van der Waals surface area contributed by atoms with E-state index in [1.165, 1.54) is 25.2 Å². The average Bonchev–Trinajstić information content (AvgIpc) is 2.36. The van der Waals surface area contributed by atoms with Gasteiger partial charge in [0.25, 0.3) is 0 Å². The lowest BCUT2D eigenvalue weighted by Gasteiger charge is -2.21. The fourth-order valence-electron chi connectivity index (χ4n) is 1.68. The number of benzene rings is 1. The second kappa shape index (κ2) is 6.98. The Balaban J connectivity index is 2.72. The molecule has 0 saturated heterocycles. The molecule has 0 amide bonds. The van der Waals surface area contributed by atoms with Crippen LogP contribution in [0.3, 0.4) is 0 Å². The minimum atomic E-state index is -3.39. The molecule has 19 heavy (non-hydrogen) atoms. The number of sulfonamides is 1. The molecule has 0 saturated carbocycles. The normalized spacial score (nSPS) is 13.7. The van der Waals surface area contributed by atoms with Gasteiger partial charge in [-0.1, -0.05) is 31.5 Å². The summed E-state index contributed by atoms with van der Waals surface area (Å²) < 4.78 is 38.3. The minimum Gasteiger partial charge on any atom is -0.387 e. The number of hydrogen-bond donors (Lipinski definition) is 1. The van der Waals surface area contributed by atoms with Gasteiger partial charge < -0.3 is 5.11 Å². The molecule has 0 aliphatic heterocycles. The number of likely N-dealkylation sites (N-methyl/N-ethyl adjacent to an activating group) is 1. The third kappa shape index (κ3) is 4.56. The summed E-state index contributed by atoms with van der Waals surface area (Å²) in [7, 11) is -1.99. The van der Waals surface area contributed by atoms with Gasteiger partial charge in [-0.25, -0.2) is 17.1 Å². The molecule has 108 valence electrons. The quantitative estimate of drug-likeness (QED) is 0.834. The van der Waals surface area contributed by atoms with Crippen LogP contribution in [0.4, 0.5) is 4.39 Å². The molecule has 1 atom stereocenters. The zero-order valence-electron chi connectivity index (χ0n) is 11.2. The maximum absolute atomic E-state index is 13.5. The molecule has 0 bridgehead atoms. The van der Waals surface area contributed by atoms with Crippen LogP contribution in [0.2, 0.25) is 0 Å². The van der Waals surface area contributed by atoms with Crippen LogP contribution in [-0.2, 0) is 10.0 Å². The Morgan fingerprint density at radius 2 is 2.00 bits per heavy atom. The van der Waals surface area contributed by atoms with Crippen molar-refractivity contribution in [1.82, 2.24) is 4.31 Å². The van der Waals surface area contributed by atoms with E-state index in [-0.39, 0.29) is 17.9 Å². The highest BCUT2D eigenvalue weighted by Gasteiger charge is 2.22. The number of aliphatic hydroxyl groups is 1. The molecule has 1 N–H and O–H groups in total. The third-order valence-corrected chi connectivity index (χ3v) is 4.83. The summed E-state index contributed by atoms with van der Waals surface area (Å²) in [5, 5.41) is 9.91. The zero-order valence-corrected chi connectivity index (χ0v) is 12.0. The van der Waals surface area contributed by atoms with Gasteiger partial charge in [0.15, 0.2) is 0 Å². The van der Waals surface area contributed by atoms with Gasteiger partial charge in [0.1, 0.15) is 5.82 Å². The van der Waals surface area contributed by atoms with Crippen LogP contribution in [0.5, 0.6) is 0 Å². The SMILES string of the molecule is CCCCS(=O)(=O)N(C)CC(O)c1ccccc1F. The summed E-state index contributed by atoms with van der Waals surface area (Å²) >= 11 is 0. The molecule has 1 rings (SSSR count). The second-order valence-electron chi connectivity index (χ2n) is 4.49. The van der Waals surface area contributed by atoms with Crippen LogP contribution in [0.25, 0.3) is 0 Å². The first-order valence-electron chi connectivity index (χ1n) is 6.25. The summed E-state index contributed by atoms with van der Waals surface area (Å²) in [6.07, 6.45) is 0.188. The standard InChI is InChI=1S/C13H20FNO3S/c1-3-4-9-19(17,18)15(2)10-13(16)11-7-5-6-8-12(11)14/h5-8,13,16H,3-4,9-10H2,1-2H3. The van der Waals surface area contributed by atoms with E-state index >= 15 is 0 Å². The van der Waals surface area contributed by atoms with E-state index in [1.807, 2.05) is 6.92 Å². The van der Waals surface area contributed by atoms with Gasteiger partial charge >= 0.3 is 0 Å². The van der Waals surface area contributed by atoms with Crippen LogP contribution < -0.4 is 0 Å². The predicted molar refractivity (Wildman–Crippen MR) is 72.7 cm³/mol. The van der Waals surface area contributed by atoms with E-state index in [4.69, 9.17) is 0 Å². The summed E-state index contributed by atoms with van der Waals surface area (Å²) in [5.41, 5.74) is 0.111. The molecule has 0 aliphatic rings. The van der Waals surface area contributed by atoms with E-state index < -0.39 is 21.9 Å². The lowest BCUT2D eigenvalue weighted by atomic mass is 10.1. The first-order valence-corrected chi connectivity index (χ1v) is 7.86. The molecule has 0 fully saturated rings. The largest absolute Gasteiger partial charge is 0.387 e. The van der Waals surface area contributed by atoms with E-state index in [1.54, 1.807) is 6.07 Å². The Morgan fingerprint density at radius 3 is 2.58 bits per heavy atom. The van der Waals surface area contributed by atoms with Crippen LogP contribution in [0, 0.1) is 5.82 Å². The summed E-state index contributed by atoms with van der Waals surface area (Å²) in [5.74, 6) is -0.487. The van der Waals surface area contributed by atoms with Crippen molar-refractivity contribution in [2.24, 2.45) is 0 Å². The Bertz CT molecular complexity index is 504. The van der Waals surface area contributed by atoms with Gasteiger partial charge in [-0.2, -0.15) is 0 Å². The number of nitrogens with zero attached hydrogens (tertiary/aromatic N) is 1. The lowest BCUT2D eigenvalue weighted by Crippen LogP contribution is -2.33. The molecule has 6 heteroatoms. The maximum Gasteiger partial charge on any atom is 0.213 e. The van der Waals surface area contributed by atoms with E-state index in [2.05, 4.69) is 0 Å². The highest BCUT2D eigenvalue weighted by Crippen LogP contribution is 2.18. The second-order valence-corrected chi connectivity index (χ2v) is 6.68. The highest BCUT2D eigenvalue weighted by molar-refractivity contribution is 7.89. The topological polar surface area (TPSA) is 57.6 Å². The summed E-state index contributed by atoms with van der Waals surface area (Å²) in [6, 6.07) is 5.82. The molecular weight excluding hydrogens is 269 g/mol. The molecule has 0 heterocycles. The Labute approximate surface area is 113 Å².